The number of hydrogen-bond acceptors (Lipinski definition) is 4. The monoisotopic (exact) mass is 279 g/mol. The van der Waals surface area contributed by atoms with Crippen LogP contribution in [0.15, 0.2) is 24.3 Å². The zero-order chi connectivity index (χ0) is 15.0. The number of methoxy groups -OCH3 is 1. The first-order chi connectivity index (χ1) is 9.60. The van der Waals surface area contributed by atoms with Gasteiger partial charge >= 0.3 is 5.97 Å². The number of esters is 1. The second-order valence-electron chi connectivity index (χ2n) is 4.34. The van der Waals surface area contributed by atoms with E-state index in [1.807, 2.05) is 13.0 Å². The van der Waals surface area contributed by atoms with E-state index in [0.717, 1.165) is 0 Å². The van der Waals surface area contributed by atoms with E-state index in [2.05, 4.69) is 4.74 Å². The molecule has 5 heteroatoms. The van der Waals surface area contributed by atoms with Gasteiger partial charge in [-0.3, -0.25) is 9.59 Å². The van der Waals surface area contributed by atoms with Gasteiger partial charge in [-0.25, -0.2) is 0 Å². The van der Waals surface area contributed by atoms with Crippen LogP contribution in [0.1, 0.15) is 30.1 Å². The molecule has 0 fully saturated rings. The van der Waals surface area contributed by atoms with Crippen molar-refractivity contribution in [2.24, 2.45) is 0 Å². The van der Waals surface area contributed by atoms with Gasteiger partial charge in [0, 0.05) is 20.0 Å². The number of carbonyl (C=O) groups excluding carboxylic acids is 2. The molecule has 0 aliphatic heterocycles. The van der Waals surface area contributed by atoms with Crippen molar-refractivity contribution in [1.29, 1.82) is 0 Å². The first-order valence-electron chi connectivity index (χ1n) is 6.64. The Balaban J connectivity index is 2.62. The molecule has 0 atom stereocenters. The van der Waals surface area contributed by atoms with Crippen molar-refractivity contribution in [3.63, 3.8) is 0 Å². The van der Waals surface area contributed by atoms with Crippen LogP contribution in [0.25, 0.3) is 0 Å². The molecule has 0 heterocycles. The summed E-state index contributed by atoms with van der Waals surface area (Å²) in [7, 11) is 3.07. The van der Waals surface area contributed by atoms with Gasteiger partial charge in [0.15, 0.2) is 0 Å². The summed E-state index contributed by atoms with van der Waals surface area (Å²) < 4.78 is 10.0. The van der Waals surface area contributed by atoms with Crippen molar-refractivity contribution in [1.82, 2.24) is 4.90 Å². The smallest absolute Gasteiger partial charge is 0.305 e. The van der Waals surface area contributed by atoms with E-state index in [0.29, 0.717) is 37.3 Å². The second-order valence-corrected chi connectivity index (χ2v) is 4.34. The maximum Gasteiger partial charge on any atom is 0.305 e. The number of carbonyl (C=O) groups is 2. The SMILES string of the molecule is CCOc1ccccc1C(=O)N(C)CCCC(=O)OC. The lowest BCUT2D eigenvalue weighted by Gasteiger charge is -2.18. The third-order valence-electron chi connectivity index (χ3n) is 2.87. The van der Waals surface area contributed by atoms with Gasteiger partial charge in [0.05, 0.1) is 19.3 Å². The molecule has 0 spiro atoms. The summed E-state index contributed by atoms with van der Waals surface area (Å²) in [6, 6.07) is 7.15. The molecular formula is C15H21NO4. The molecule has 20 heavy (non-hydrogen) atoms. The van der Waals surface area contributed by atoms with Gasteiger partial charge < -0.3 is 14.4 Å². The summed E-state index contributed by atoms with van der Waals surface area (Å²) in [5, 5.41) is 0. The van der Waals surface area contributed by atoms with Gasteiger partial charge in [-0.1, -0.05) is 12.1 Å². The van der Waals surface area contributed by atoms with E-state index in [-0.39, 0.29) is 11.9 Å². The van der Waals surface area contributed by atoms with Crippen molar-refractivity contribution >= 4 is 11.9 Å². The fourth-order valence-electron chi connectivity index (χ4n) is 1.79. The van der Waals surface area contributed by atoms with Crippen LogP contribution in [0.3, 0.4) is 0 Å². The Kier molecular flexibility index (Phi) is 6.56. The first-order valence-corrected chi connectivity index (χ1v) is 6.64. The molecule has 1 amide bonds. The highest BCUT2D eigenvalue weighted by atomic mass is 16.5. The van der Waals surface area contributed by atoms with E-state index < -0.39 is 0 Å². The molecule has 1 rings (SSSR count). The van der Waals surface area contributed by atoms with Crippen molar-refractivity contribution in [2.45, 2.75) is 19.8 Å². The molecule has 1 aromatic rings. The van der Waals surface area contributed by atoms with Crippen LogP contribution < -0.4 is 4.74 Å². The number of nitrogens with zero attached hydrogens (tertiary/aromatic N) is 1. The van der Waals surface area contributed by atoms with Crippen LogP contribution in [0.4, 0.5) is 0 Å². The Labute approximate surface area is 119 Å². The highest BCUT2D eigenvalue weighted by molar-refractivity contribution is 5.96. The minimum atomic E-state index is -0.263. The molecule has 0 N–H and O–H groups in total. The van der Waals surface area contributed by atoms with Crippen LogP contribution in [0, 0.1) is 0 Å². The Morgan fingerprint density at radius 3 is 2.60 bits per heavy atom. The molecule has 0 radical (unpaired) electrons. The second kappa shape index (κ2) is 8.19. The molecule has 0 aliphatic rings. The summed E-state index contributed by atoms with van der Waals surface area (Å²) in [6.07, 6.45) is 0.882. The van der Waals surface area contributed by atoms with E-state index >= 15 is 0 Å². The van der Waals surface area contributed by atoms with Gasteiger partial charge in [0.1, 0.15) is 5.75 Å². The summed E-state index contributed by atoms with van der Waals surface area (Å²) in [4.78, 5) is 24.9. The molecule has 1 aromatic carbocycles. The van der Waals surface area contributed by atoms with Crippen LogP contribution >= 0.6 is 0 Å². The average molecular weight is 279 g/mol. The maximum absolute atomic E-state index is 12.3. The van der Waals surface area contributed by atoms with Gasteiger partial charge in [-0.15, -0.1) is 0 Å². The van der Waals surface area contributed by atoms with Crippen LogP contribution in [-0.2, 0) is 9.53 Å². The lowest BCUT2D eigenvalue weighted by molar-refractivity contribution is -0.140. The number of hydrogen-bond donors (Lipinski definition) is 0. The molecule has 0 bridgehead atoms. The minimum absolute atomic E-state index is 0.112. The lowest BCUT2D eigenvalue weighted by Crippen LogP contribution is -2.28. The quantitative estimate of drug-likeness (QED) is 0.717. The maximum atomic E-state index is 12.3. The molecule has 0 unspecified atom stereocenters. The third kappa shape index (κ3) is 4.57. The summed E-state index contributed by atoms with van der Waals surface area (Å²) in [5.74, 6) is 0.208. The summed E-state index contributed by atoms with van der Waals surface area (Å²) >= 11 is 0. The van der Waals surface area contributed by atoms with Crippen LogP contribution in [-0.4, -0.2) is 44.1 Å². The molecule has 0 saturated heterocycles. The Morgan fingerprint density at radius 2 is 1.95 bits per heavy atom. The highest BCUT2D eigenvalue weighted by Crippen LogP contribution is 2.19. The van der Waals surface area contributed by atoms with E-state index in [9.17, 15) is 9.59 Å². The minimum Gasteiger partial charge on any atom is -0.493 e. The Bertz CT molecular complexity index is 459. The van der Waals surface area contributed by atoms with Gasteiger partial charge in [0.25, 0.3) is 5.91 Å². The molecule has 110 valence electrons. The number of benzene rings is 1. The van der Waals surface area contributed by atoms with Crippen LogP contribution in [0.2, 0.25) is 0 Å². The molecule has 0 saturated carbocycles. The highest BCUT2D eigenvalue weighted by Gasteiger charge is 2.16. The standard InChI is InChI=1S/C15H21NO4/c1-4-20-13-9-6-5-8-12(13)15(18)16(2)11-7-10-14(17)19-3/h5-6,8-9H,4,7,10-11H2,1-3H3. The molecule has 5 nitrogen and oxygen atoms in total. The summed E-state index contributed by atoms with van der Waals surface area (Å²) in [5.41, 5.74) is 0.537. The van der Waals surface area contributed by atoms with Crippen molar-refractivity contribution < 1.29 is 19.1 Å². The number of amides is 1. The molecule has 0 aromatic heterocycles. The van der Waals surface area contributed by atoms with Gasteiger partial charge in [-0.2, -0.15) is 0 Å². The topological polar surface area (TPSA) is 55.8 Å². The zero-order valence-electron chi connectivity index (χ0n) is 12.2. The lowest BCUT2D eigenvalue weighted by atomic mass is 10.1. The zero-order valence-corrected chi connectivity index (χ0v) is 12.2. The predicted octanol–water partition coefficient (Wildman–Crippen LogP) is 2.11. The van der Waals surface area contributed by atoms with Gasteiger partial charge in [-0.05, 0) is 25.5 Å². The molecular weight excluding hydrogens is 258 g/mol. The average Bonchev–Trinajstić information content (AvgIpc) is 2.47. The normalized spacial score (nSPS) is 9.95. The largest absolute Gasteiger partial charge is 0.493 e. The van der Waals surface area contributed by atoms with Crippen molar-refractivity contribution in [3.8, 4) is 5.75 Å². The van der Waals surface area contributed by atoms with Gasteiger partial charge in [0.2, 0.25) is 0 Å². The fourth-order valence-corrected chi connectivity index (χ4v) is 1.79. The Morgan fingerprint density at radius 1 is 1.25 bits per heavy atom. The fraction of sp³-hybridized carbons (Fsp3) is 0.467. The first kappa shape index (κ1) is 16.0. The van der Waals surface area contributed by atoms with E-state index in [1.54, 1.807) is 30.1 Å². The Hall–Kier alpha value is -2.04. The summed E-state index contributed by atoms with van der Waals surface area (Å²) in [6.45, 7) is 2.88. The van der Waals surface area contributed by atoms with Crippen molar-refractivity contribution in [2.75, 3.05) is 27.3 Å². The van der Waals surface area contributed by atoms with E-state index in [4.69, 9.17) is 4.74 Å². The number of rotatable bonds is 7. The van der Waals surface area contributed by atoms with Crippen molar-refractivity contribution in [3.05, 3.63) is 29.8 Å². The van der Waals surface area contributed by atoms with Crippen LogP contribution in [0.5, 0.6) is 5.75 Å². The van der Waals surface area contributed by atoms with E-state index in [1.165, 1.54) is 7.11 Å². The molecule has 0 aliphatic carbocycles. The predicted molar refractivity (Wildman–Crippen MR) is 75.8 cm³/mol. The number of ether oxygens (including phenoxy) is 2. The number of para-hydroxylation sites is 1. The third-order valence-corrected chi connectivity index (χ3v) is 2.87.